The first-order chi connectivity index (χ1) is 8.26. The van der Waals surface area contributed by atoms with Gasteiger partial charge in [0.05, 0.1) is 5.52 Å². The van der Waals surface area contributed by atoms with Crippen LogP contribution in [0.2, 0.25) is 0 Å². The van der Waals surface area contributed by atoms with Gasteiger partial charge in [-0.3, -0.25) is 0 Å². The minimum atomic E-state index is -0.446. The third kappa shape index (κ3) is 2.45. The lowest BCUT2D eigenvalue weighted by atomic mass is 10.3. The molecule has 0 saturated carbocycles. The van der Waals surface area contributed by atoms with Gasteiger partial charge in [0.25, 0.3) is 0 Å². The normalized spacial score (nSPS) is 11.5. The molecule has 5 nitrogen and oxygen atoms in total. The van der Waals surface area contributed by atoms with E-state index in [9.17, 15) is 0 Å². The van der Waals surface area contributed by atoms with Crippen LogP contribution in [0.25, 0.3) is 11.2 Å². The number of nitrogens with zero attached hydrogens (tertiary/aromatic N) is 2. The van der Waals surface area contributed by atoms with Crippen LogP contribution in [0.3, 0.4) is 0 Å². The lowest BCUT2D eigenvalue weighted by Crippen LogP contribution is -2.10. The molecule has 2 rings (SSSR count). The Labute approximate surface area is 100 Å². The lowest BCUT2D eigenvalue weighted by molar-refractivity contribution is -0.144. The molecule has 0 atom stereocenters. The first-order valence-corrected chi connectivity index (χ1v) is 5.80. The number of fused-ring (bicyclic) bond motifs is 1. The molecule has 0 aliphatic rings. The van der Waals surface area contributed by atoms with Crippen molar-refractivity contribution in [2.24, 2.45) is 0 Å². The predicted molar refractivity (Wildman–Crippen MR) is 64.6 cm³/mol. The molecule has 5 heteroatoms. The number of hydrogen-bond acceptors (Lipinski definition) is 4. The number of H-pyrrole nitrogens is 1. The number of rotatable bonds is 5. The van der Waals surface area contributed by atoms with Crippen LogP contribution in [0.4, 0.5) is 0 Å². The topological polar surface area (TPSA) is 60.0 Å². The van der Waals surface area contributed by atoms with E-state index in [2.05, 4.69) is 15.0 Å². The molecular weight excluding hydrogens is 218 g/mol. The summed E-state index contributed by atoms with van der Waals surface area (Å²) in [6, 6.07) is 1.95. The van der Waals surface area contributed by atoms with Gasteiger partial charge >= 0.3 is 0 Å². The maximum Gasteiger partial charge on any atom is 0.217 e. The molecule has 92 valence electrons. The zero-order chi connectivity index (χ0) is 12.3. The molecule has 2 aromatic rings. The molecule has 0 unspecified atom stereocenters. The number of aryl methyl sites for hydroxylation is 1. The van der Waals surface area contributed by atoms with Crippen LogP contribution in [0.1, 0.15) is 31.5 Å². The van der Waals surface area contributed by atoms with Crippen molar-refractivity contribution in [1.29, 1.82) is 0 Å². The Balaban J connectivity index is 2.36. The van der Waals surface area contributed by atoms with Gasteiger partial charge in [0.15, 0.2) is 11.5 Å². The van der Waals surface area contributed by atoms with Gasteiger partial charge in [0, 0.05) is 19.4 Å². The molecule has 0 saturated heterocycles. The van der Waals surface area contributed by atoms with Gasteiger partial charge in [-0.05, 0) is 32.4 Å². The fourth-order valence-corrected chi connectivity index (χ4v) is 1.67. The average Bonchev–Trinajstić information content (AvgIpc) is 2.74. The number of aromatic amines is 1. The minimum absolute atomic E-state index is 0.446. The second kappa shape index (κ2) is 5.25. The van der Waals surface area contributed by atoms with Crippen molar-refractivity contribution in [1.82, 2.24) is 15.0 Å². The number of hydrogen-bond donors (Lipinski definition) is 1. The van der Waals surface area contributed by atoms with Gasteiger partial charge in [0.1, 0.15) is 0 Å². The number of ether oxygens (including phenoxy) is 2. The lowest BCUT2D eigenvalue weighted by Gasteiger charge is -2.13. The molecule has 0 aromatic carbocycles. The fourth-order valence-electron chi connectivity index (χ4n) is 1.67. The second-order valence-corrected chi connectivity index (χ2v) is 3.69. The highest BCUT2D eigenvalue weighted by Crippen LogP contribution is 2.20. The summed E-state index contributed by atoms with van der Waals surface area (Å²) in [4.78, 5) is 11.8. The van der Waals surface area contributed by atoms with Gasteiger partial charge in [-0.1, -0.05) is 0 Å². The van der Waals surface area contributed by atoms with Crippen LogP contribution in [0.15, 0.2) is 12.3 Å². The maximum absolute atomic E-state index is 5.49. The number of imidazole rings is 1. The SMILES string of the molecule is CCOC(OCC)c1nc2nccc(C)c2[nH]1. The highest BCUT2D eigenvalue weighted by Gasteiger charge is 2.16. The largest absolute Gasteiger partial charge is 0.346 e. The van der Waals surface area contributed by atoms with Crippen molar-refractivity contribution in [3.8, 4) is 0 Å². The number of aromatic nitrogens is 3. The molecule has 1 N–H and O–H groups in total. The van der Waals surface area contributed by atoms with Gasteiger partial charge in [-0.15, -0.1) is 0 Å². The van der Waals surface area contributed by atoms with Crippen LogP contribution in [-0.2, 0) is 9.47 Å². The summed E-state index contributed by atoms with van der Waals surface area (Å²) in [7, 11) is 0. The zero-order valence-corrected chi connectivity index (χ0v) is 10.4. The van der Waals surface area contributed by atoms with E-state index < -0.39 is 6.29 Å². The molecule has 0 aliphatic carbocycles. The van der Waals surface area contributed by atoms with Crippen molar-refractivity contribution < 1.29 is 9.47 Å². The Morgan fingerprint density at radius 1 is 1.29 bits per heavy atom. The van der Waals surface area contributed by atoms with E-state index in [1.54, 1.807) is 6.20 Å². The van der Waals surface area contributed by atoms with E-state index in [-0.39, 0.29) is 0 Å². The standard InChI is InChI=1S/C12H17N3O2/c1-4-16-12(17-5-2)11-14-9-8(3)6-7-13-10(9)15-11/h6-7,12H,4-5H2,1-3H3,(H,13,14,15). The summed E-state index contributed by atoms with van der Waals surface area (Å²) < 4.78 is 11.0. The molecular formula is C12H17N3O2. The third-order valence-corrected chi connectivity index (χ3v) is 2.48. The first kappa shape index (κ1) is 12.0. The van der Waals surface area contributed by atoms with Crippen molar-refractivity contribution in [3.63, 3.8) is 0 Å². The molecule has 2 heterocycles. The molecule has 0 spiro atoms. The van der Waals surface area contributed by atoms with Crippen LogP contribution < -0.4 is 0 Å². The monoisotopic (exact) mass is 235 g/mol. The fraction of sp³-hybridized carbons (Fsp3) is 0.500. The van der Waals surface area contributed by atoms with E-state index in [4.69, 9.17) is 9.47 Å². The highest BCUT2D eigenvalue weighted by atomic mass is 16.7. The van der Waals surface area contributed by atoms with E-state index in [0.29, 0.717) is 24.7 Å². The Kier molecular flexibility index (Phi) is 3.71. The molecule has 0 fully saturated rings. The summed E-state index contributed by atoms with van der Waals surface area (Å²) >= 11 is 0. The summed E-state index contributed by atoms with van der Waals surface area (Å²) in [5, 5.41) is 0. The minimum Gasteiger partial charge on any atom is -0.346 e. The smallest absolute Gasteiger partial charge is 0.217 e. The first-order valence-electron chi connectivity index (χ1n) is 5.80. The Morgan fingerprint density at radius 2 is 2.00 bits per heavy atom. The average molecular weight is 235 g/mol. The molecule has 0 radical (unpaired) electrons. The maximum atomic E-state index is 5.49. The van der Waals surface area contributed by atoms with E-state index >= 15 is 0 Å². The van der Waals surface area contributed by atoms with Crippen LogP contribution in [0.5, 0.6) is 0 Å². The van der Waals surface area contributed by atoms with Crippen molar-refractivity contribution in [2.45, 2.75) is 27.1 Å². The van der Waals surface area contributed by atoms with Crippen molar-refractivity contribution in [3.05, 3.63) is 23.7 Å². The molecule has 17 heavy (non-hydrogen) atoms. The zero-order valence-electron chi connectivity index (χ0n) is 10.4. The van der Waals surface area contributed by atoms with Crippen LogP contribution >= 0.6 is 0 Å². The van der Waals surface area contributed by atoms with Crippen LogP contribution in [0, 0.1) is 6.92 Å². The number of pyridine rings is 1. The second-order valence-electron chi connectivity index (χ2n) is 3.69. The Hall–Kier alpha value is -1.46. The van der Waals surface area contributed by atoms with E-state index in [1.165, 1.54) is 0 Å². The van der Waals surface area contributed by atoms with Crippen molar-refractivity contribution in [2.75, 3.05) is 13.2 Å². The summed E-state index contributed by atoms with van der Waals surface area (Å²) in [6.07, 6.45) is 1.30. The Bertz CT molecular complexity index is 489. The molecule has 0 aliphatic heterocycles. The van der Waals surface area contributed by atoms with Crippen molar-refractivity contribution >= 4 is 11.2 Å². The van der Waals surface area contributed by atoms with E-state index in [1.807, 2.05) is 26.8 Å². The number of nitrogens with one attached hydrogen (secondary N) is 1. The van der Waals surface area contributed by atoms with Gasteiger partial charge in [0.2, 0.25) is 6.29 Å². The summed E-state index contributed by atoms with van der Waals surface area (Å²) in [6.45, 7) is 7.03. The Morgan fingerprint density at radius 3 is 2.59 bits per heavy atom. The summed E-state index contributed by atoms with van der Waals surface area (Å²) in [5.41, 5.74) is 2.75. The molecule has 0 bridgehead atoms. The van der Waals surface area contributed by atoms with Crippen LogP contribution in [-0.4, -0.2) is 28.2 Å². The molecule has 0 amide bonds. The van der Waals surface area contributed by atoms with Gasteiger partial charge in [-0.2, -0.15) is 0 Å². The predicted octanol–water partition coefficient (Wildman–Crippen LogP) is 2.34. The highest BCUT2D eigenvalue weighted by molar-refractivity contribution is 5.74. The van der Waals surface area contributed by atoms with Gasteiger partial charge < -0.3 is 14.5 Å². The quantitative estimate of drug-likeness (QED) is 0.808. The molecule has 2 aromatic heterocycles. The third-order valence-electron chi connectivity index (χ3n) is 2.48. The summed E-state index contributed by atoms with van der Waals surface area (Å²) in [5.74, 6) is 0.672. The van der Waals surface area contributed by atoms with Gasteiger partial charge in [-0.25, -0.2) is 9.97 Å². The van der Waals surface area contributed by atoms with E-state index in [0.717, 1.165) is 11.1 Å².